The number of fused-ring (bicyclic) bond motifs is 1. The minimum atomic E-state index is -0.0106. The van der Waals surface area contributed by atoms with Gasteiger partial charge in [0.05, 0.1) is 24.8 Å². The van der Waals surface area contributed by atoms with Crippen molar-refractivity contribution in [2.24, 2.45) is 0 Å². The number of morpholine rings is 1. The smallest absolute Gasteiger partial charge is 0.253 e. The minimum absolute atomic E-state index is 0.0106. The minimum Gasteiger partial charge on any atom is -0.378 e. The molecule has 2 aromatic rings. The van der Waals surface area contributed by atoms with Crippen LogP contribution in [0.15, 0.2) is 48.5 Å². The topological polar surface area (TPSA) is 76.9 Å². The van der Waals surface area contributed by atoms with E-state index >= 15 is 0 Å². The number of ether oxygens (including phenoxy) is 1. The Morgan fingerprint density at radius 2 is 1.71 bits per heavy atom. The molecule has 0 radical (unpaired) electrons. The standard InChI is InChI=1S/C28H32N4O3/c29-20-21-4-3-6-23(18-21)28(34)31-11-9-24(10-12-31)32-13-8-22-5-1-2-7-25(22)26(32)19-27(33)30-14-16-35-17-15-30/h1-7,18,24,26H,8-17,19H2. The summed E-state index contributed by atoms with van der Waals surface area (Å²) in [5.74, 6) is 0.188. The van der Waals surface area contributed by atoms with Gasteiger partial charge in [0.15, 0.2) is 0 Å². The summed E-state index contributed by atoms with van der Waals surface area (Å²) in [6, 6.07) is 18.0. The molecule has 182 valence electrons. The number of amides is 2. The van der Waals surface area contributed by atoms with Gasteiger partial charge in [-0.25, -0.2) is 0 Å². The molecule has 7 heteroatoms. The Morgan fingerprint density at radius 3 is 2.49 bits per heavy atom. The SMILES string of the molecule is N#Cc1cccc(C(=O)N2CCC(N3CCc4ccccc4C3CC(=O)N3CCOCC3)CC2)c1. The summed E-state index contributed by atoms with van der Waals surface area (Å²) in [5, 5.41) is 9.16. The maximum absolute atomic E-state index is 13.2. The highest BCUT2D eigenvalue weighted by Gasteiger charge is 2.36. The van der Waals surface area contributed by atoms with Crippen LogP contribution in [0.2, 0.25) is 0 Å². The van der Waals surface area contributed by atoms with E-state index in [0.717, 1.165) is 25.8 Å². The molecule has 0 aliphatic carbocycles. The first-order valence-electron chi connectivity index (χ1n) is 12.6. The number of rotatable bonds is 4. The van der Waals surface area contributed by atoms with E-state index in [4.69, 9.17) is 10.00 Å². The summed E-state index contributed by atoms with van der Waals surface area (Å²) in [6.07, 6.45) is 3.23. The van der Waals surface area contributed by atoms with Crippen LogP contribution in [-0.2, 0) is 16.0 Å². The molecule has 2 fully saturated rings. The average molecular weight is 473 g/mol. The van der Waals surface area contributed by atoms with Gasteiger partial charge in [0.1, 0.15) is 0 Å². The molecule has 3 aliphatic rings. The molecule has 0 saturated carbocycles. The molecule has 2 amide bonds. The zero-order valence-electron chi connectivity index (χ0n) is 20.1. The normalized spacial score (nSPS) is 21.3. The van der Waals surface area contributed by atoms with Gasteiger partial charge in [0, 0.05) is 56.8 Å². The van der Waals surface area contributed by atoms with Crippen LogP contribution in [0.3, 0.4) is 0 Å². The van der Waals surface area contributed by atoms with Crippen molar-refractivity contribution in [2.45, 2.75) is 37.8 Å². The Kier molecular flexibility index (Phi) is 7.12. The van der Waals surface area contributed by atoms with Crippen molar-refractivity contribution in [1.82, 2.24) is 14.7 Å². The van der Waals surface area contributed by atoms with E-state index in [1.54, 1.807) is 24.3 Å². The first-order valence-corrected chi connectivity index (χ1v) is 12.6. The van der Waals surface area contributed by atoms with Crippen molar-refractivity contribution in [3.63, 3.8) is 0 Å². The van der Waals surface area contributed by atoms with Gasteiger partial charge in [0.25, 0.3) is 5.91 Å². The molecule has 5 rings (SSSR count). The molecule has 3 heterocycles. The molecule has 1 atom stereocenters. The van der Waals surface area contributed by atoms with Crippen LogP contribution in [0.25, 0.3) is 0 Å². The van der Waals surface area contributed by atoms with Crippen LogP contribution in [-0.4, -0.2) is 78.5 Å². The maximum Gasteiger partial charge on any atom is 0.253 e. The van der Waals surface area contributed by atoms with E-state index in [9.17, 15) is 9.59 Å². The fourth-order valence-corrected chi connectivity index (χ4v) is 5.75. The fourth-order valence-electron chi connectivity index (χ4n) is 5.75. The lowest BCUT2D eigenvalue weighted by atomic mass is 9.87. The second kappa shape index (κ2) is 10.6. The van der Waals surface area contributed by atoms with E-state index in [0.29, 0.717) is 63.0 Å². The first-order chi connectivity index (χ1) is 17.1. The van der Waals surface area contributed by atoms with Crippen LogP contribution in [0.4, 0.5) is 0 Å². The van der Waals surface area contributed by atoms with Crippen molar-refractivity contribution < 1.29 is 14.3 Å². The van der Waals surface area contributed by atoms with Gasteiger partial charge >= 0.3 is 0 Å². The van der Waals surface area contributed by atoms with Crippen LogP contribution in [0, 0.1) is 11.3 Å². The number of nitriles is 1. The van der Waals surface area contributed by atoms with Gasteiger partial charge in [-0.15, -0.1) is 0 Å². The van der Waals surface area contributed by atoms with Gasteiger partial charge < -0.3 is 14.5 Å². The molecule has 2 saturated heterocycles. The van der Waals surface area contributed by atoms with Crippen molar-refractivity contribution in [2.75, 3.05) is 45.9 Å². The van der Waals surface area contributed by atoms with E-state index in [1.165, 1.54) is 11.1 Å². The quantitative estimate of drug-likeness (QED) is 0.684. The van der Waals surface area contributed by atoms with Gasteiger partial charge in [-0.3, -0.25) is 14.5 Å². The summed E-state index contributed by atoms with van der Waals surface area (Å²) in [6.45, 7) is 4.86. The predicted molar refractivity (Wildman–Crippen MR) is 132 cm³/mol. The number of carbonyl (C=O) groups is 2. The number of carbonyl (C=O) groups excluding carboxylic acids is 2. The lowest BCUT2D eigenvalue weighted by Gasteiger charge is -2.45. The molecule has 2 aromatic carbocycles. The van der Waals surface area contributed by atoms with Crippen molar-refractivity contribution in [1.29, 1.82) is 5.26 Å². The molecular weight excluding hydrogens is 440 g/mol. The third-order valence-corrected chi connectivity index (χ3v) is 7.64. The molecule has 0 N–H and O–H groups in total. The lowest BCUT2D eigenvalue weighted by molar-refractivity contribution is -0.137. The predicted octanol–water partition coefficient (Wildman–Crippen LogP) is 3.01. The summed E-state index contributed by atoms with van der Waals surface area (Å²) < 4.78 is 5.43. The highest BCUT2D eigenvalue weighted by Crippen LogP contribution is 2.36. The molecule has 35 heavy (non-hydrogen) atoms. The number of nitrogens with zero attached hydrogens (tertiary/aromatic N) is 4. The van der Waals surface area contributed by atoms with Crippen LogP contribution in [0.5, 0.6) is 0 Å². The second-order valence-electron chi connectivity index (χ2n) is 9.62. The lowest BCUT2D eigenvalue weighted by Crippen LogP contribution is -2.51. The molecular formula is C28H32N4O3. The Bertz CT molecular complexity index is 1110. The first kappa shape index (κ1) is 23.5. The van der Waals surface area contributed by atoms with Crippen molar-refractivity contribution in [3.05, 3.63) is 70.8 Å². The Morgan fingerprint density at radius 1 is 0.943 bits per heavy atom. The van der Waals surface area contributed by atoms with Crippen molar-refractivity contribution in [3.8, 4) is 6.07 Å². The largest absolute Gasteiger partial charge is 0.378 e. The zero-order valence-corrected chi connectivity index (χ0v) is 20.1. The van der Waals surface area contributed by atoms with E-state index in [-0.39, 0.29) is 17.9 Å². The molecule has 1 unspecified atom stereocenters. The summed E-state index contributed by atoms with van der Waals surface area (Å²) in [7, 11) is 0. The third kappa shape index (κ3) is 5.09. The average Bonchev–Trinajstić information content (AvgIpc) is 2.93. The molecule has 0 aromatic heterocycles. The Labute approximate surface area is 206 Å². The Balaban J connectivity index is 1.28. The van der Waals surface area contributed by atoms with Gasteiger partial charge in [-0.2, -0.15) is 5.26 Å². The van der Waals surface area contributed by atoms with E-state index in [1.807, 2.05) is 9.80 Å². The van der Waals surface area contributed by atoms with Gasteiger partial charge in [-0.05, 0) is 48.6 Å². The number of piperidine rings is 1. The van der Waals surface area contributed by atoms with E-state index < -0.39 is 0 Å². The molecule has 7 nitrogen and oxygen atoms in total. The Hall–Kier alpha value is -3.21. The summed E-state index contributed by atoms with van der Waals surface area (Å²) in [4.78, 5) is 32.6. The molecule has 0 bridgehead atoms. The summed E-state index contributed by atoms with van der Waals surface area (Å²) >= 11 is 0. The number of benzene rings is 2. The number of likely N-dealkylation sites (tertiary alicyclic amines) is 1. The van der Waals surface area contributed by atoms with Crippen molar-refractivity contribution >= 4 is 11.8 Å². The maximum atomic E-state index is 13.2. The number of hydrogen-bond donors (Lipinski definition) is 0. The monoisotopic (exact) mass is 472 g/mol. The van der Waals surface area contributed by atoms with Crippen LogP contribution >= 0.6 is 0 Å². The van der Waals surface area contributed by atoms with E-state index in [2.05, 4.69) is 35.2 Å². The number of hydrogen-bond acceptors (Lipinski definition) is 5. The second-order valence-corrected chi connectivity index (χ2v) is 9.62. The van der Waals surface area contributed by atoms with Crippen LogP contribution < -0.4 is 0 Å². The fraction of sp³-hybridized carbons (Fsp3) is 0.464. The third-order valence-electron chi connectivity index (χ3n) is 7.64. The van der Waals surface area contributed by atoms with Crippen LogP contribution in [0.1, 0.15) is 52.4 Å². The van der Waals surface area contributed by atoms with Gasteiger partial charge in [0.2, 0.25) is 5.91 Å². The highest BCUT2D eigenvalue weighted by molar-refractivity contribution is 5.94. The molecule has 0 spiro atoms. The molecule has 3 aliphatic heterocycles. The summed E-state index contributed by atoms with van der Waals surface area (Å²) in [5.41, 5.74) is 3.69. The van der Waals surface area contributed by atoms with Gasteiger partial charge in [-0.1, -0.05) is 30.3 Å². The highest BCUT2D eigenvalue weighted by atomic mass is 16.5. The zero-order chi connectivity index (χ0) is 24.2.